The second kappa shape index (κ2) is 12.5. The van der Waals surface area contributed by atoms with Crippen LogP contribution in [0.25, 0.3) is 0 Å². The van der Waals surface area contributed by atoms with Crippen molar-refractivity contribution in [2.24, 2.45) is 10.7 Å². The third kappa shape index (κ3) is 8.00. The monoisotopic (exact) mass is 507 g/mol. The van der Waals surface area contributed by atoms with Crippen LogP contribution in [-0.2, 0) is 30.9 Å². The van der Waals surface area contributed by atoms with E-state index < -0.39 is 0 Å². The van der Waals surface area contributed by atoms with Gasteiger partial charge >= 0.3 is 0 Å². The first kappa shape index (κ1) is 22.4. The van der Waals surface area contributed by atoms with Gasteiger partial charge < -0.3 is 15.8 Å². The van der Waals surface area contributed by atoms with Gasteiger partial charge in [0.2, 0.25) is 0 Å². The van der Waals surface area contributed by atoms with Gasteiger partial charge in [-0.05, 0) is 34.6 Å². The SMILES string of the molecule is I.NC(=NCc1ccc(COCc2ccccc2)cc1)NCCc1cccs1. The molecular weight excluding hydrogens is 481 g/mol. The number of hydrogen-bond donors (Lipinski definition) is 2. The van der Waals surface area contributed by atoms with Crippen molar-refractivity contribution in [3.05, 3.63) is 93.7 Å². The van der Waals surface area contributed by atoms with Crippen molar-refractivity contribution in [2.45, 2.75) is 26.2 Å². The molecule has 0 unspecified atom stereocenters. The van der Waals surface area contributed by atoms with E-state index in [1.807, 2.05) is 18.2 Å². The number of guanidine groups is 1. The van der Waals surface area contributed by atoms with E-state index in [0.29, 0.717) is 25.7 Å². The van der Waals surface area contributed by atoms with Gasteiger partial charge in [0.25, 0.3) is 0 Å². The summed E-state index contributed by atoms with van der Waals surface area (Å²) in [5, 5.41) is 5.25. The summed E-state index contributed by atoms with van der Waals surface area (Å²) in [6, 6.07) is 22.7. The van der Waals surface area contributed by atoms with E-state index in [1.54, 1.807) is 11.3 Å². The molecule has 1 heterocycles. The molecule has 1 aromatic heterocycles. The summed E-state index contributed by atoms with van der Waals surface area (Å²) >= 11 is 1.76. The van der Waals surface area contributed by atoms with Crippen LogP contribution in [0.5, 0.6) is 0 Å². The molecule has 0 saturated heterocycles. The van der Waals surface area contributed by atoms with Crippen molar-refractivity contribution in [1.82, 2.24) is 5.32 Å². The fourth-order valence-corrected chi connectivity index (χ4v) is 3.31. The predicted octanol–water partition coefficient (Wildman–Crippen LogP) is 4.73. The van der Waals surface area contributed by atoms with E-state index in [0.717, 1.165) is 24.1 Å². The van der Waals surface area contributed by atoms with Crippen LogP contribution in [-0.4, -0.2) is 12.5 Å². The summed E-state index contributed by atoms with van der Waals surface area (Å²) in [4.78, 5) is 5.75. The summed E-state index contributed by atoms with van der Waals surface area (Å²) in [5.41, 5.74) is 9.40. The molecule has 6 heteroatoms. The molecule has 4 nitrogen and oxygen atoms in total. The van der Waals surface area contributed by atoms with Crippen molar-refractivity contribution in [3.63, 3.8) is 0 Å². The highest BCUT2D eigenvalue weighted by atomic mass is 127. The second-order valence-electron chi connectivity index (χ2n) is 6.25. The number of thiophene rings is 1. The zero-order chi connectivity index (χ0) is 18.7. The first-order valence-corrected chi connectivity index (χ1v) is 9.93. The molecule has 0 bridgehead atoms. The number of benzene rings is 2. The van der Waals surface area contributed by atoms with Gasteiger partial charge in [0.05, 0.1) is 19.8 Å². The molecule has 0 spiro atoms. The molecule has 0 fully saturated rings. The van der Waals surface area contributed by atoms with Crippen molar-refractivity contribution in [3.8, 4) is 0 Å². The third-order valence-corrected chi connectivity index (χ3v) is 5.03. The number of rotatable bonds is 9. The van der Waals surface area contributed by atoms with Crippen LogP contribution in [0.3, 0.4) is 0 Å². The van der Waals surface area contributed by atoms with E-state index >= 15 is 0 Å². The largest absolute Gasteiger partial charge is 0.372 e. The molecule has 0 aliphatic carbocycles. The smallest absolute Gasteiger partial charge is 0.188 e. The van der Waals surface area contributed by atoms with Crippen LogP contribution < -0.4 is 11.1 Å². The topological polar surface area (TPSA) is 59.6 Å². The van der Waals surface area contributed by atoms with E-state index in [4.69, 9.17) is 10.5 Å². The minimum absolute atomic E-state index is 0. The maximum Gasteiger partial charge on any atom is 0.188 e. The molecule has 0 saturated carbocycles. The van der Waals surface area contributed by atoms with Gasteiger partial charge in [-0.1, -0.05) is 60.7 Å². The minimum atomic E-state index is 0. The molecular formula is C22H26IN3OS. The lowest BCUT2D eigenvalue weighted by atomic mass is 10.1. The molecule has 0 radical (unpaired) electrons. The van der Waals surface area contributed by atoms with E-state index in [-0.39, 0.29) is 24.0 Å². The van der Waals surface area contributed by atoms with Crippen molar-refractivity contribution < 1.29 is 4.74 Å². The van der Waals surface area contributed by atoms with Gasteiger partial charge in [-0.3, -0.25) is 0 Å². The van der Waals surface area contributed by atoms with Crippen LogP contribution in [0, 0.1) is 0 Å². The second-order valence-corrected chi connectivity index (χ2v) is 7.28. The number of ether oxygens (including phenoxy) is 1. The lowest BCUT2D eigenvalue weighted by Crippen LogP contribution is -2.33. The van der Waals surface area contributed by atoms with E-state index in [1.165, 1.54) is 10.4 Å². The Morgan fingerprint density at radius 3 is 2.25 bits per heavy atom. The fraction of sp³-hybridized carbons (Fsp3) is 0.227. The lowest BCUT2D eigenvalue weighted by Gasteiger charge is -2.06. The number of aliphatic imine (C=N–C) groups is 1. The Balaban J connectivity index is 0.00000280. The number of halogens is 1. The highest BCUT2D eigenvalue weighted by Crippen LogP contribution is 2.09. The van der Waals surface area contributed by atoms with Crippen LogP contribution in [0.15, 0.2) is 77.1 Å². The number of nitrogens with two attached hydrogens (primary N) is 1. The van der Waals surface area contributed by atoms with Gasteiger partial charge in [0, 0.05) is 11.4 Å². The first-order valence-electron chi connectivity index (χ1n) is 9.05. The zero-order valence-corrected chi connectivity index (χ0v) is 18.9. The molecule has 3 rings (SSSR count). The van der Waals surface area contributed by atoms with Gasteiger partial charge in [0.1, 0.15) is 0 Å². The van der Waals surface area contributed by atoms with Gasteiger partial charge in [-0.2, -0.15) is 0 Å². The molecule has 3 aromatic rings. The molecule has 3 N–H and O–H groups in total. The summed E-state index contributed by atoms with van der Waals surface area (Å²) in [7, 11) is 0. The molecule has 148 valence electrons. The van der Waals surface area contributed by atoms with Crippen LogP contribution >= 0.6 is 35.3 Å². The van der Waals surface area contributed by atoms with Gasteiger partial charge in [0.15, 0.2) is 5.96 Å². The normalized spacial score (nSPS) is 11.1. The summed E-state index contributed by atoms with van der Waals surface area (Å²) in [5.74, 6) is 0.488. The fourth-order valence-electron chi connectivity index (χ4n) is 2.60. The average Bonchev–Trinajstić information content (AvgIpc) is 3.22. The highest BCUT2D eigenvalue weighted by molar-refractivity contribution is 14.0. The average molecular weight is 507 g/mol. The van der Waals surface area contributed by atoms with Gasteiger partial charge in [-0.15, -0.1) is 35.3 Å². The number of hydrogen-bond acceptors (Lipinski definition) is 3. The molecule has 2 aromatic carbocycles. The number of nitrogens with zero attached hydrogens (tertiary/aromatic N) is 1. The Morgan fingerprint density at radius 2 is 1.57 bits per heavy atom. The summed E-state index contributed by atoms with van der Waals surface area (Å²) in [6.07, 6.45) is 0.964. The summed E-state index contributed by atoms with van der Waals surface area (Å²) in [6.45, 7) is 2.60. The Kier molecular flexibility index (Phi) is 10.0. The summed E-state index contributed by atoms with van der Waals surface area (Å²) < 4.78 is 5.76. The third-order valence-electron chi connectivity index (χ3n) is 4.09. The maximum absolute atomic E-state index is 5.93. The van der Waals surface area contributed by atoms with Crippen molar-refractivity contribution in [1.29, 1.82) is 0 Å². The first-order chi connectivity index (χ1) is 13.3. The Labute approximate surface area is 187 Å². The van der Waals surface area contributed by atoms with E-state index in [2.05, 4.69) is 64.2 Å². The quantitative estimate of drug-likeness (QED) is 0.250. The molecule has 28 heavy (non-hydrogen) atoms. The lowest BCUT2D eigenvalue weighted by molar-refractivity contribution is 0.107. The number of nitrogens with one attached hydrogen (secondary N) is 1. The molecule has 0 aliphatic rings. The van der Waals surface area contributed by atoms with Crippen molar-refractivity contribution >= 4 is 41.3 Å². The van der Waals surface area contributed by atoms with Crippen LogP contribution in [0.1, 0.15) is 21.6 Å². The zero-order valence-electron chi connectivity index (χ0n) is 15.7. The molecule has 0 aliphatic heterocycles. The highest BCUT2D eigenvalue weighted by Gasteiger charge is 1.98. The van der Waals surface area contributed by atoms with Gasteiger partial charge in [-0.25, -0.2) is 4.99 Å². The Hall–Kier alpha value is -1.90. The Bertz CT molecular complexity index is 821. The van der Waals surface area contributed by atoms with Crippen LogP contribution in [0.4, 0.5) is 0 Å². The molecule has 0 atom stereocenters. The van der Waals surface area contributed by atoms with Crippen LogP contribution in [0.2, 0.25) is 0 Å². The minimum Gasteiger partial charge on any atom is -0.372 e. The Morgan fingerprint density at radius 1 is 0.893 bits per heavy atom. The van der Waals surface area contributed by atoms with E-state index in [9.17, 15) is 0 Å². The standard InChI is InChI=1S/C22H25N3OS.HI/c23-22(24-13-12-21-7-4-14-27-21)25-15-18-8-10-20(11-9-18)17-26-16-19-5-2-1-3-6-19;/h1-11,14H,12-13,15-17H2,(H3,23,24,25);1H. The maximum atomic E-state index is 5.93. The van der Waals surface area contributed by atoms with Crippen molar-refractivity contribution in [2.75, 3.05) is 6.54 Å². The molecule has 0 amide bonds. The predicted molar refractivity (Wildman–Crippen MR) is 128 cm³/mol.